The van der Waals surface area contributed by atoms with E-state index in [0.29, 0.717) is 6.54 Å². The zero-order valence-corrected chi connectivity index (χ0v) is 10.4. The van der Waals surface area contributed by atoms with Crippen LogP contribution in [0.15, 0.2) is 24.4 Å². The van der Waals surface area contributed by atoms with Gasteiger partial charge >= 0.3 is 0 Å². The second kappa shape index (κ2) is 4.42. The maximum atomic E-state index is 11.3. The van der Waals surface area contributed by atoms with Gasteiger partial charge in [0.15, 0.2) is 0 Å². The number of piperazine rings is 1. The highest BCUT2D eigenvalue weighted by Gasteiger charge is 2.17. The van der Waals surface area contributed by atoms with Gasteiger partial charge in [-0.15, -0.1) is 0 Å². The van der Waals surface area contributed by atoms with Gasteiger partial charge in [0, 0.05) is 31.5 Å². The molecule has 1 amide bonds. The first-order chi connectivity index (χ1) is 8.72. The monoisotopic (exact) mass is 244 g/mol. The van der Waals surface area contributed by atoms with Crippen molar-refractivity contribution in [3.05, 3.63) is 35.8 Å². The molecule has 94 valence electrons. The van der Waals surface area contributed by atoms with E-state index in [1.807, 2.05) is 12.1 Å². The van der Waals surface area contributed by atoms with Crippen LogP contribution in [-0.2, 0) is 11.3 Å². The lowest BCUT2D eigenvalue weighted by Crippen LogP contribution is -2.47. The Morgan fingerprint density at radius 2 is 2.33 bits per heavy atom. The largest absolute Gasteiger partial charge is 0.354 e. The van der Waals surface area contributed by atoms with Gasteiger partial charge in [-0.2, -0.15) is 0 Å². The molecule has 0 aliphatic carbocycles. The number of hydrogen-bond acceptors (Lipinski definition) is 3. The molecule has 2 aromatic heterocycles. The Kier molecular flexibility index (Phi) is 2.76. The molecule has 1 saturated heterocycles. The van der Waals surface area contributed by atoms with E-state index in [-0.39, 0.29) is 5.91 Å². The first-order valence-electron chi connectivity index (χ1n) is 6.15. The number of fused-ring (bicyclic) bond motifs is 1. The number of carbonyl (C=O) groups excluding carboxylic acids is 1. The lowest BCUT2D eigenvalue weighted by molar-refractivity contribution is -0.124. The van der Waals surface area contributed by atoms with E-state index in [4.69, 9.17) is 0 Å². The molecule has 0 bridgehead atoms. The number of imidazole rings is 1. The summed E-state index contributed by atoms with van der Waals surface area (Å²) in [6.07, 6.45) is 2.05. The van der Waals surface area contributed by atoms with Crippen LogP contribution in [-0.4, -0.2) is 39.8 Å². The number of nitrogens with zero attached hydrogens (tertiary/aromatic N) is 3. The molecule has 3 heterocycles. The van der Waals surface area contributed by atoms with E-state index in [2.05, 4.69) is 38.8 Å². The fourth-order valence-electron chi connectivity index (χ4n) is 2.33. The van der Waals surface area contributed by atoms with Gasteiger partial charge in [-0.05, 0) is 19.1 Å². The molecule has 0 spiro atoms. The number of nitrogens with one attached hydrogen (secondary N) is 1. The van der Waals surface area contributed by atoms with Crippen molar-refractivity contribution >= 4 is 11.6 Å². The quantitative estimate of drug-likeness (QED) is 0.840. The van der Waals surface area contributed by atoms with Crippen LogP contribution in [0.3, 0.4) is 0 Å². The van der Waals surface area contributed by atoms with Crippen LogP contribution in [0.25, 0.3) is 5.65 Å². The Bertz CT molecular complexity index is 590. The Labute approximate surface area is 105 Å². The van der Waals surface area contributed by atoms with Crippen LogP contribution in [0.4, 0.5) is 0 Å². The first kappa shape index (κ1) is 11.2. The number of pyridine rings is 1. The summed E-state index contributed by atoms with van der Waals surface area (Å²) in [5.41, 5.74) is 3.15. The predicted molar refractivity (Wildman–Crippen MR) is 68.2 cm³/mol. The predicted octanol–water partition coefficient (Wildman–Crippen LogP) is 0.575. The van der Waals surface area contributed by atoms with Crippen LogP contribution >= 0.6 is 0 Å². The molecule has 1 aliphatic rings. The van der Waals surface area contributed by atoms with Gasteiger partial charge < -0.3 is 9.72 Å². The summed E-state index contributed by atoms with van der Waals surface area (Å²) in [6.45, 7) is 4.87. The summed E-state index contributed by atoms with van der Waals surface area (Å²) in [5.74, 6) is 0.0983. The second-order valence-corrected chi connectivity index (χ2v) is 4.69. The van der Waals surface area contributed by atoms with Crippen molar-refractivity contribution in [2.75, 3.05) is 19.6 Å². The molecule has 0 radical (unpaired) electrons. The average molecular weight is 244 g/mol. The van der Waals surface area contributed by atoms with E-state index in [1.54, 1.807) is 0 Å². The van der Waals surface area contributed by atoms with Gasteiger partial charge in [-0.25, -0.2) is 4.98 Å². The highest BCUT2D eigenvalue weighted by molar-refractivity contribution is 5.78. The van der Waals surface area contributed by atoms with Crippen LogP contribution in [0.1, 0.15) is 11.4 Å². The molecule has 0 aromatic carbocycles. The van der Waals surface area contributed by atoms with E-state index in [0.717, 1.165) is 31.0 Å². The third-order valence-corrected chi connectivity index (χ3v) is 3.25. The second-order valence-electron chi connectivity index (χ2n) is 4.69. The van der Waals surface area contributed by atoms with Crippen molar-refractivity contribution in [1.82, 2.24) is 19.6 Å². The maximum Gasteiger partial charge on any atom is 0.234 e. The third kappa shape index (κ3) is 2.09. The topological polar surface area (TPSA) is 49.6 Å². The molecule has 3 rings (SSSR count). The number of hydrogen-bond donors (Lipinski definition) is 1. The van der Waals surface area contributed by atoms with Crippen LogP contribution in [0.5, 0.6) is 0 Å². The zero-order chi connectivity index (χ0) is 12.5. The van der Waals surface area contributed by atoms with Crippen LogP contribution < -0.4 is 5.32 Å². The molecular weight excluding hydrogens is 228 g/mol. The molecule has 1 N–H and O–H groups in total. The fourth-order valence-corrected chi connectivity index (χ4v) is 2.33. The standard InChI is InChI=1S/C13H16N4O/c1-10-3-2-4-12-15-11(8-17(10)12)7-16-6-5-14-13(18)9-16/h2-4,8H,5-7,9H2,1H3,(H,14,18). The van der Waals surface area contributed by atoms with Crippen molar-refractivity contribution in [3.63, 3.8) is 0 Å². The van der Waals surface area contributed by atoms with Crippen molar-refractivity contribution in [1.29, 1.82) is 0 Å². The Balaban J connectivity index is 1.82. The number of carbonyl (C=O) groups is 1. The summed E-state index contributed by atoms with van der Waals surface area (Å²) in [5, 5.41) is 2.83. The summed E-state index contributed by atoms with van der Waals surface area (Å²) >= 11 is 0. The lowest BCUT2D eigenvalue weighted by atomic mass is 10.3. The highest BCUT2D eigenvalue weighted by Crippen LogP contribution is 2.10. The first-order valence-corrected chi connectivity index (χ1v) is 6.15. The maximum absolute atomic E-state index is 11.3. The Morgan fingerprint density at radius 3 is 3.11 bits per heavy atom. The van der Waals surface area contributed by atoms with E-state index in [1.165, 1.54) is 5.69 Å². The minimum Gasteiger partial charge on any atom is -0.354 e. The van der Waals surface area contributed by atoms with Crippen LogP contribution in [0.2, 0.25) is 0 Å². The Morgan fingerprint density at radius 1 is 1.44 bits per heavy atom. The van der Waals surface area contributed by atoms with Crippen LogP contribution in [0, 0.1) is 6.92 Å². The summed E-state index contributed by atoms with van der Waals surface area (Å²) in [7, 11) is 0. The van der Waals surface area contributed by atoms with Gasteiger partial charge in [0.2, 0.25) is 5.91 Å². The van der Waals surface area contributed by atoms with Gasteiger partial charge in [-0.1, -0.05) is 6.07 Å². The molecule has 0 unspecified atom stereocenters. The number of aryl methyl sites for hydroxylation is 1. The molecule has 2 aromatic rings. The molecule has 18 heavy (non-hydrogen) atoms. The highest BCUT2D eigenvalue weighted by atomic mass is 16.2. The molecule has 1 fully saturated rings. The van der Waals surface area contributed by atoms with E-state index < -0.39 is 0 Å². The molecular formula is C13H16N4O. The fraction of sp³-hybridized carbons (Fsp3) is 0.385. The van der Waals surface area contributed by atoms with Crippen molar-refractivity contribution in [2.24, 2.45) is 0 Å². The van der Waals surface area contributed by atoms with Gasteiger partial charge in [0.05, 0.1) is 12.2 Å². The van der Waals surface area contributed by atoms with Crippen molar-refractivity contribution < 1.29 is 4.79 Å². The summed E-state index contributed by atoms with van der Waals surface area (Å²) in [6, 6.07) is 6.07. The molecule has 5 heteroatoms. The average Bonchev–Trinajstić information content (AvgIpc) is 2.73. The number of aromatic nitrogens is 2. The van der Waals surface area contributed by atoms with Crippen molar-refractivity contribution in [3.8, 4) is 0 Å². The molecule has 5 nitrogen and oxygen atoms in total. The van der Waals surface area contributed by atoms with E-state index >= 15 is 0 Å². The van der Waals surface area contributed by atoms with Gasteiger partial charge in [-0.3, -0.25) is 9.69 Å². The smallest absolute Gasteiger partial charge is 0.234 e. The number of rotatable bonds is 2. The summed E-state index contributed by atoms with van der Waals surface area (Å²) < 4.78 is 2.08. The number of amides is 1. The molecule has 1 aliphatic heterocycles. The molecule has 0 saturated carbocycles. The third-order valence-electron chi connectivity index (χ3n) is 3.25. The Hall–Kier alpha value is -1.88. The summed E-state index contributed by atoms with van der Waals surface area (Å²) in [4.78, 5) is 18.0. The van der Waals surface area contributed by atoms with Gasteiger partial charge in [0.25, 0.3) is 0 Å². The van der Waals surface area contributed by atoms with Gasteiger partial charge in [0.1, 0.15) is 5.65 Å². The normalized spacial score (nSPS) is 17.1. The van der Waals surface area contributed by atoms with Crippen molar-refractivity contribution in [2.45, 2.75) is 13.5 Å². The minimum atomic E-state index is 0.0983. The minimum absolute atomic E-state index is 0.0983. The lowest BCUT2D eigenvalue weighted by Gasteiger charge is -2.25. The SMILES string of the molecule is Cc1cccc2nc(CN3CCNC(=O)C3)cn12. The zero-order valence-electron chi connectivity index (χ0n) is 10.4. The van der Waals surface area contributed by atoms with E-state index in [9.17, 15) is 4.79 Å². The molecule has 0 atom stereocenters.